The zero-order valence-corrected chi connectivity index (χ0v) is 10.5. The van der Waals surface area contributed by atoms with E-state index in [-0.39, 0.29) is 29.3 Å². The van der Waals surface area contributed by atoms with E-state index in [0.29, 0.717) is 6.54 Å². The van der Waals surface area contributed by atoms with Gasteiger partial charge in [0.2, 0.25) is 0 Å². The molecule has 0 spiro atoms. The fraction of sp³-hybridized carbons (Fsp3) is 0.500. The minimum atomic E-state index is -2.76. The molecule has 1 N–H and O–H groups in total. The summed E-state index contributed by atoms with van der Waals surface area (Å²) in [4.78, 5) is 0. The second-order valence-corrected chi connectivity index (χ2v) is 6.79. The Morgan fingerprint density at radius 1 is 1.35 bits per heavy atom. The number of sulfone groups is 1. The normalized spacial score (nSPS) is 20.8. The Balaban J connectivity index is 1.82. The predicted octanol–water partition coefficient (Wildman–Crippen LogP) is 1.32. The summed E-state index contributed by atoms with van der Waals surface area (Å²) in [5, 5.41) is 3.21. The fourth-order valence-electron chi connectivity index (χ4n) is 1.93. The third-order valence-electron chi connectivity index (χ3n) is 3.06. The molecule has 2 rings (SSSR count). The van der Waals surface area contributed by atoms with E-state index < -0.39 is 9.84 Å². The predicted molar refractivity (Wildman–Crippen MR) is 65.3 cm³/mol. The lowest BCUT2D eigenvalue weighted by Gasteiger charge is -2.28. The highest BCUT2D eigenvalue weighted by molar-refractivity contribution is 7.92. The van der Waals surface area contributed by atoms with Crippen LogP contribution in [0.15, 0.2) is 24.3 Å². The number of benzene rings is 1. The molecule has 94 valence electrons. The Morgan fingerprint density at radius 2 is 1.94 bits per heavy atom. The zero-order valence-electron chi connectivity index (χ0n) is 9.69. The van der Waals surface area contributed by atoms with Crippen LogP contribution in [0.3, 0.4) is 0 Å². The van der Waals surface area contributed by atoms with Crippen LogP contribution in [0.4, 0.5) is 4.39 Å². The maximum absolute atomic E-state index is 12.7. The molecule has 1 unspecified atom stereocenters. The van der Waals surface area contributed by atoms with Gasteiger partial charge in [-0.2, -0.15) is 0 Å². The molecule has 17 heavy (non-hydrogen) atoms. The highest BCUT2D eigenvalue weighted by Crippen LogP contribution is 2.16. The van der Waals surface area contributed by atoms with Crippen LogP contribution in [0.1, 0.15) is 18.4 Å². The molecule has 1 heterocycles. The quantitative estimate of drug-likeness (QED) is 0.884. The molecule has 0 saturated carbocycles. The van der Waals surface area contributed by atoms with Crippen LogP contribution in [0.25, 0.3) is 0 Å². The summed E-state index contributed by atoms with van der Waals surface area (Å²) < 4.78 is 34.7. The SMILES string of the molecule is CC(CNC1CS(=O)(=O)C1)c1ccc(F)cc1. The van der Waals surface area contributed by atoms with Crippen LogP contribution in [0.2, 0.25) is 0 Å². The first-order valence-corrected chi connectivity index (χ1v) is 7.48. The Kier molecular flexibility index (Phi) is 3.49. The van der Waals surface area contributed by atoms with Crippen molar-refractivity contribution in [2.75, 3.05) is 18.1 Å². The van der Waals surface area contributed by atoms with Crippen molar-refractivity contribution in [2.24, 2.45) is 0 Å². The van der Waals surface area contributed by atoms with Crippen molar-refractivity contribution < 1.29 is 12.8 Å². The first kappa shape index (κ1) is 12.5. The lowest BCUT2D eigenvalue weighted by atomic mass is 10.0. The van der Waals surface area contributed by atoms with Gasteiger partial charge in [0.1, 0.15) is 5.82 Å². The van der Waals surface area contributed by atoms with Gasteiger partial charge in [0.05, 0.1) is 11.5 Å². The summed E-state index contributed by atoms with van der Waals surface area (Å²) in [6.45, 7) is 2.75. The van der Waals surface area contributed by atoms with E-state index >= 15 is 0 Å². The molecular weight excluding hydrogens is 241 g/mol. The maximum atomic E-state index is 12.7. The molecule has 1 aliphatic heterocycles. The van der Waals surface area contributed by atoms with Crippen LogP contribution in [-0.4, -0.2) is 32.5 Å². The van der Waals surface area contributed by atoms with Crippen molar-refractivity contribution in [3.05, 3.63) is 35.6 Å². The highest BCUT2D eigenvalue weighted by Gasteiger charge is 2.32. The van der Waals surface area contributed by atoms with Crippen molar-refractivity contribution in [1.82, 2.24) is 5.32 Å². The largest absolute Gasteiger partial charge is 0.311 e. The van der Waals surface area contributed by atoms with Gasteiger partial charge in [0.15, 0.2) is 9.84 Å². The lowest BCUT2D eigenvalue weighted by molar-refractivity contribution is 0.496. The van der Waals surface area contributed by atoms with E-state index in [9.17, 15) is 12.8 Å². The summed E-state index contributed by atoms with van der Waals surface area (Å²) in [6.07, 6.45) is 0. The molecule has 0 amide bonds. The van der Waals surface area contributed by atoms with Crippen LogP contribution in [-0.2, 0) is 9.84 Å². The minimum absolute atomic E-state index is 0.0860. The van der Waals surface area contributed by atoms with Crippen molar-refractivity contribution in [2.45, 2.75) is 18.9 Å². The average Bonchev–Trinajstić information content (AvgIpc) is 2.24. The van der Waals surface area contributed by atoms with Gasteiger partial charge in [-0.3, -0.25) is 0 Å². The molecule has 0 aromatic heterocycles. The first-order chi connectivity index (χ1) is 7.96. The van der Waals surface area contributed by atoms with Gasteiger partial charge in [-0.25, -0.2) is 12.8 Å². The van der Waals surface area contributed by atoms with Crippen molar-refractivity contribution >= 4 is 9.84 Å². The summed E-state index contributed by atoms with van der Waals surface area (Å²) >= 11 is 0. The maximum Gasteiger partial charge on any atom is 0.153 e. The Labute approximate surface area is 101 Å². The van der Waals surface area contributed by atoms with Crippen LogP contribution >= 0.6 is 0 Å². The summed E-state index contributed by atoms with van der Waals surface area (Å²) in [6, 6.07) is 6.50. The van der Waals surface area contributed by atoms with Crippen LogP contribution in [0, 0.1) is 5.82 Å². The van der Waals surface area contributed by atoms with Gasteiger partial charge in [-0.15, -0.1) is 0 Å². The molecule has 1 fully saturated rings. The number of rotatable bonds is 4. The van der Waals surface area contributed by atoms with E-state index in [1.807, 2.05) is 6.92 Å². The monoisotopic (exact) mass is 257 g/mol. The van der Waals surface area contributed by atoms with Gasteiger partial charge in [0, 0.05) is 12.6 Å². The van der Waals surface area contributed by atoms with Gasteiger partial charge in [-0.1, -0.05) is 19.1 Å². The first-order valence-electron chi connectivity index (χ1n) is 5.65. The molecule has 1 aromatic carbocycles. The summed E-state index contributed by atoms with van der Waals surface area (Å²) in [5.74, 6) is 0.490. The third-order valence-corrected chi connectivity index (χ3v) is 4.88. The molecule has 5 heteroatoms. The molecule has 1 aliphatic rings. The van der Waals surface area contributed by atoms with Gasteiger partial charge >= 0.3 is 0 Å². The van der Waals surface area contributed by atoms with E-state index in [1.165, 1.54) is 12.1 Å². The molecule has 3 nitrogen and oxygen atoms in total. The second kappa shape index (κ2) is 4.74. The number of hydrogen-bond acceptors (Lipinski definition) is 3. The average molecular weight is 257 g/mol. The topological polar surface area (TPSA) is 46.2 Å². The fourth-order valence-corrected chi connectivity index (χ4v) is 3.30. The van der Waals surface area contributed by atoms with Crippen molar-refractivity contribution in [3.63, 3.8) is 0 Å². The molecular formula is C12H16FNO2S. The molecule has 1 atom stereocenters. The second-order valence-electron chi connectivity index (χ2n) is 4.63. The van der Waals surface area contributed by atoms with Gasteiger partial charge in [0.25, 0.3) is 0 Å². The summed E-state index contributed by atoms with van der Waals surface area (Å²) in [7, 11) is -2.76. The Morgan fingerprint density at radius 3 is 2.47 bits per heavy atom. The van der Waals surface area contributed by atoms with E-state index in [1.54, 1.807) is 12.1 Å². The smallest absolute Gasteiger partial charge is 0.153 e. The van der Waals surface area contributed by atoms with Crippen LogP contribution in [0.5, 0.6) is 0 Å². The molecule has 0 aliphatic carbocycles. The number of halogens is 1. The number of hydrogen-bond donors (Lipinski definition) is 1. The highest BCUT2D eigenvalue weighted by atomic mass is 32.2. The molecule has 0 bridgehead atoms. The molecule has 1 saturated heterocycles. The number of nitrogens with one attached hydrogen (secondary N) is 1. The molecule has 0 radical (unpaired) electrons. The zero-order chi connectivity index (χ0) is 12.5. The Bertz CT molecular complexity index is 472. The third kappa shape index (κ3) is 3.26. The van der Waals surface area contributed by atoms with Gasteiger partial charge < -0.3 is 5.32 Å². The Hall–Kier alpha value is -0.940. The standard InChI is InChI=1S/C12H16FNO2S/c1-9(10-2-4-11(13)5-3-10)6-14-12-7-17(15,16)8-12/h2-5,9,12,14H,6-8H2,1H3. The molecule has 1 aromatic rings. The lowest BCUT2D eigenvalue weighted by Crippen LogP contribution is -2.51. The minimum Gasteiger partial charge on any atom is -0.311 e. The van der Waals surface area contributed by atoms with Crippen molar-refractivity contribution in [1.29, 1.82) is 0 Å². The van der Waals surface area contributed by atoms with Gasteiger partial charge in [-0.05, 0) is 23.6 Å². The van der Waals surface area contributed by atoms with E-state index in [4.69, 9.17) is 0 Å². The summed E-state index contributed by atoms with van der Waals surface area (Å²) in [5.41, 5.74) is 1.06. The van der Waals surface area contributed by atoms with Crippen LogP contribution < -0.4 is 5.32 Å². The van der Waals surface area contributed by atoms with E-state index in [2.05, 4.69) is 5.32 Å². The van der Waals surface area contributed by atoms with E-state index in [0.717, 1.165) is 5.56 Å². The van der Waals surface area contributed by atoms with Crippen molar-refractivity contribution in [3.8, 4) is 0 Å².